The van der Waals surface area contributed by atoms with Crippen LogP contribution in [-0.4, -0.2) is 56.7 Å². The number of ether oxygens (including phenoxy) is 2. The van der Waals surface area contributed by atoms with Crippen LogP contribution in [0, 0.1) is 0 Å². The molecule has 0 amide bonds. The predicted molar refractivity (Wildman–Crippen MR) is 120 cm³/mol. The van der Waals surface area contributed by atoms with E-state index in [0.717, 1.165) is 36.9 Å². The van der Waals surface area contributed by atoms with Crippen LogP contribution in [-0.2, 0) is 6.54 Å². The lowest BCUT2D eigenvalue weighted by molar-refractivity contribution is 0.164. The fraction of sp³-hybridized carbons (Fsp3) is 0.478. The maximum absolute atomic E-state index is 5.34. The lowest BCUT2D eigenvalue weighted by Crippen LogP contribution is -2.44. The van der Waals surface area contributed by atoms with Gasteiger partial charge in [0.15, 0.2) is 5.96 Å². The molecule has 7 nitrogen and oxygen atoms in total. The van der Waals surface area contributed by atoms with Crippen LogP contribution in [0.5, 0.6) is 11.6 Å². The molecule has 0 spiro atoms. The van der Waals surface area contributed by atoms with E-state index in [-0.39, 0.29) is 6.04 Å². The van der Waals surface area contributed by atoms with Crippen LogP contribution in [0.15, 0.2) is 47.6 Å². The zero-order valence-corrected chi connectivity index (χ0v) is 18.2. The van der Waals surface area contributed by atoms with E-state index < -0.39 is 0 Å². The van der Waals surface area contributed by atoms with E-state index in [1.54, 1.807) is 27.5 Å². The number of pyridine rings is 1. The summed E-state index contributed by atoms with van der Waals surface area (Å²) in [5, 5.41) is 6.88. The second-order valence-electron chi connectivity index (χ2n) is 7.36. The summed E-state index contributed by atoms with van der Waals surface area (Å²) < 4.78 is 10.7. The Morgan fingerprint density at radius 1 is 1.07 bits per heavy atom. The summed E-state index contributed by atoms with van der Waals surface area (Å²) in [5.74, 6) is 2.27. The normalized spacial score (nSPS) is 16.0. The Morgan fingerprint density at radius 3 is 2.50 bits per heavy atom. The summed E-state index contributed by atoms with van der Waals surface area (Å²) in [6.07, 6.45) is 5.55. The number of rotatable bonds is 8. The van der Waals surface area contributed by atoms with Crippen molar-refractivity contribution in [2.75, 3.05) is 40.9 Å². The highest BCUT2D eigenvalue weighted by molar-refractivity contribution is 5.79. The molecule has 1 aliphatic heterocycles. The maximum atomic E-state index is 5.34. The molecule has 30 heavy (non-hydrogen) atoms. The molecule has 1 atom stereocenters. The molecule has 3 rings (SSSR count). The quantitative estimate of drug-likeness (QED) is 0.514. The first-order chi connectivity index (χ1) is 14.7. The molecular weight excluding hydrogens is 378 g/mol. The average molecular weight is 412 g/mol. The van der Waals surface area contributed by atoms with Gasteiger partial charge in [0.05, 0.1) is 20.3 Å². The van der Waals surface area contributed by atoms with Crippen LogP contribution in [0.25, 0.3) is 0 Å². The molecule has 2 aromatic rings. The topological polar surface area (TPSA) is 71.0 Å². The number of nitrogens with one attached hydrogen (secondary N) is 2. The number of methoxy groups -OCH3 is 2. The lowest BCUT2D eigenvalue weighted by atomic mass is 10.0. The maximum Gasteiger partial charge on any atom is 0.218 e. The molecule has 1 aliphatic rings. The molecule has 7 heteroatoms. The Labute approximate surface area is 179 Å². The van der Waals surface area contributed by atoms with Crippen molar-refractivity contribution >= 4 is 5.96 Å². The number of hydrogen-bond donors (Lipinski definition) is 2. The first-order valence-corrected chi connectivity index (χ1v) is 10.6. The highest BCUT2D eigenvalue weighted by Crippen LogP contribution is 2.26. The third kappa shape index (κ3) is 5.86. The molecule has 1 aromatic carbocycles. The number of nitrogens with zero attached hydrogens (tertiary/aromatic N) is 3. The minimum atomic E-state index is 0.280. The van der Waals surface area contributed by atoms with Crippen LogP contribution < -0.4 is 20.1 Å². The van der Waals surface area contributed by atoms with Gasteiger partial charge in [-0.05, 0) is 49.7 Å². The van der Waals surface area contributed by atoms with Crippen molar-refractivity contribution in [3.63, 3.8) is 0 Å². The molecule has 0 bridgehead atoms. The number of likely N-dealkylation sites (tertiary alicyclic amines) is 1. The van der Waals surface area contributed by atoms with Gasteiger partial charge in [-0.15, -0.1) is 0 Å². The monoisotopic (exact) mass is 411 g/mol. The van der Waals surface area contributed by atoms with Crippen molar-refractivity contribution in [1.29, 1.82) is 0 Å². The van der Waals surface area contributed by atoms with E-state index in [2.05, 4.69) is 37.6 Å². The second kappa shape index (κ2) is 11.4. The Hall–Kier alpha value is -2.80. The zero-order chi connectivity index (χ0) is 21.2. The van der Waals surface area contributed by atoms with E-state index in [0.29, 0.717) is 12.4 Å². The molecule has 1 fully saturated rings. The van der Waals surface area contributed by atoms with Crippen molar-refractivity contribution in [1.82, 2.24) is 20.5 Å². The van der Waals surface area contributed by atoms with Crippen molar-refractivity contribution in [3.05, 3.63) is 53.7 Å². The summed E-state index contributed by atoms with van der Waals surface area (Å²) in [4.78, 5) is 11.2. The largest absolute Gasteiger partial charge is 0.497 e. The standard InChI is InChI=1S/C23H33N5O2/c1-24-23(26-16-19-8-7-13-25-22(19)30-3)27-17-21(28-14-5-4-6-15-28)18-9-11-20(29-2)12-10-18/h7-13,21H,4-6,14-17H2,1-3H3,(H2,24,26,27). The molecule has 1 aromatic heterocycles. The van der Waals surface area contributed by atoms with Gasteiger partial charge in [0.25, 0.3) is 0 Å². The molecule has 1 saturated heterocycles. The van der Waals surface area contributed by atoms with Gasteiger partial charge in [-0.25, -0.2) is 4.98 Å². The molecular formula is C23H33N5O2. The van der Waals surface area contributed by atoms with Gasteiger partial charge in [0.2, 0.25) is 5.88 Å². The van der Waals surface area contributed by atoms with Gasteiger partial charge in [-0.1, -0.05) is 24.6 Å². The van der Waals surface area contributed by atoms with Crippen molar-refractivity contribution in [3.8, 4) is 11.6 Å². The Bertz CT molecular complexity index is 803. The van der Waals surface area contributed by atoms with Gasteiger partial charge in [-0.3, -0.25) is 9.89 Å². The van der Waals surface area contributed by atoms with E-state index in [9.17, 15) is 0 Å². The third-order valence-corrected chi connectivity index (χ3v) is 5.51. The van der Waals surface area contributed by atoms with Crippen molar-refractivity contribution in [2.24, 2.45) is 4.99 Å². The van der Waals surface area contributed by atoms with Gasteiger partial charge < -0.3 is 20.1 Å². The molecule has 0 saturated carbocycles. The summed E-state index contributed by atoms with van der Waals surface area (Å²) in [5.41, 5.74) is 2.28. The SMILES string of the molecule is CN=C(NCc1cccnc1OC)NCC(c1ccc(OC)cc1)N1CCCCC1. The summed E-state index contributed by atoms with van der Waals surface area (Å²) in [7, 11) is 5.13. The van der Waals surface area contributed by atoms with Crippen LogP contribution >= 0.6 is 0 Å². The minimum absolute atomic E-state index is 0.280. The average Bonchev–Trinajstić information content (AvgIpc) is 2.82. The first-order valence-electron chi connectivity index (χ1n) is 10.6. The Morgan fingerprint density at radius 2 is 1.83 bits per heavy atom. The second-order valence-corrected chi connectivity index (χ2v) is 7.36. The van der Waals surface area contributed by atoms with E-state index in [1.807, 2.05) is 24.3 Å². The number of aromatic nitrogens is 1. The zero-order valence-electron chi connectivity index (χ0n) is 18.2. The van der Waals surface area contributed by atoms with Crippen LogP contribution in [0.3, 0.4) is 0 Å². The highest BCUT2D eigenvalue weighted by Gasteiger charge is 2.22. The predicted octanol–water partition coefficient (Wildman–Crippen LogP) is 2.99. The third-order valence-electron chi connectivity index (χ3n) is 5.51. The molecule has 2 heterocycles. The molecule has 162 valence electrons. The fourth-order valence-corrected chi connectivity index (χ4v) is 3.85. The summed E-state index contributed by atoms with van der Waals surface area (Å²) in [6.45, 7) is 3.61. The minimum Gasteiger partial charge on any atom is -0.497 e. The number of guanidine groups is 1. The van der Waals surface area contributed by atoms with Gasteiger partial charge in [0.1, 0.15) is 5.75 Å². The van der Waals surface area contributed by atoms with Gasteiger partial charge in [-0.2, -0.15) is 0 Å². The Balaban J connectivity index is 1.65. The van der Waals surface area contributed by atoms with E-state index in [1.165, 1.54) is 24.8 Å². The number of aliphatic imine (C=N–C) groups is 1. The Kier molecular flexibility index (Phi) is 8.32. The van der Waals surface area contributed by atoms with Gasteiger partial charge >= 0.3 is 0 Å². The molecule has 2 N–H and O–H groups in total. The van der Waals surface area contributed by atoms with Crippen LogP contribution in [0.4, 0.5) is 0 Å². The number of benzene rings is 1. The van der Waals surface area contributed by atoms with Crippen LogP contribution in [0.1, 0.15) is 36.4 Å². The lowest BCUT2D eigenvalue weighted by Gasteiger charge is -2.35. The summed E-state index contributed by atoms with van der Waals surface area (Å²) in [6, 6.07) is 12.6. The van der Waals surface area contributed by atoms with Crippen molar-refractivity contribution < 1.29 is 9.47 Å². The fourth-order valence-electron chi connectivity index (χ4n) is 3.85. The number of piperidine rings is 1. The summed E-state index contributed by atoms with van der Waals surface area (Å²) >= 11 is 0. The van der Waals surface area contributed by atoms with Crippen LogP contribution in [0.2, 0.25) is 0 Å². The first kappa shape index (κ1) is 21.9. The number of hydrogen-bond acceptors (Lipinski definition) is 5. The van der Waals surface area contributed by atoms with Gasteiger partial charge in [0, 0.05) is 31.9 Å². The smallest absolute Gasteiger partial charge is 0.218 e. The van der Waals surface area contributed by atoms with E-state index >= 15 is 0 Å². The molecule has 0 aliphatic carbocycles. The molecule has 1 unspecified atom stereocenters. The highest BCUT2D eigenvalue weighted by atomic mass is 16.5. The van der Waals surface area contributed by atoms with Crippen molar-refractivity contribution in [2.45, 2.75) is 31.8 Å². The van der Waals surface area contributed by atoms with E-state index in [4.69, 9.17) is 9.47 Å². The molecule has 0 radical (unpaired) electrons.